The van der Waals surface area contributed by atoms with Crippen LogP contribution in [0.1, 0.15) is 0 Å². The zero-order valence-electron chi connectivity index (χ0n) is 22.0. The zero-order valence-corrected chi connectivity index (χ0v) is 22.0. The van der Waals surface area contributed by atoms with Crippen molar-refractivity contribution in [3.8, 4) is 45.3 Å². The molecule has 4 nitrogen and oxygen atoms in total. The Kier molecular flexibility index (Phi) is 5.42. The topological polar surface area (TPSA) is 51.8 Å². The van der Waals surface area contributed by atoms with E-state index in [1.54, 1.807) is 0 Å². The Morgan fingerprint density at radius 1 is 0.390 bits per heavy atom. The van der Waals surface area contributed by atoms with Crippen molar-refractivity contribution in [2.45, 2.75) is 0 Å². The highest BCUT2D eigenvalue weighted by atomic mass is 16.3. The molecule has 0 saturated carbocycles. The van der Waals surface area contributed by atoms with Crippen molar-refractivity contribution in [2.75, 3.05) is 0 Å². The average molecular weight is 526 g/mol. The van der Waals surface area contributed by atoms with E-state index in [4.69, 9.17) is 19.4 Å². The Bertz CT molecular complexity index is 2130. The molecule has 6 aromatic carbocycles. The van der Waals surface area contributed by atoms with Crippen molar-refractivity contribution >= 4 is 32.7 Å². The SMILES string of the molecule is c1ccc(-c2nc(-c3ccccc3)nc(-c3ccc(-c4cccc5ccc6c7ccccc7oc6c45)cc3)n2)cc1. The van der Waals surface area contributed by atoms with Crippen molar-refractivity contribution in [3.05, 3.63) is 140 Å². The summed E-state index contributed by atoms with van der Waals surface area (Å²) in [4.78, 5) is 14.6. The molecule has 0 atom stereocenters. The number of para-hydroxylation sites is 1. The molecule has 4 heteroatoms. The van der Waals surface area contributed by atoms with Crippen molar-refractivity contribution in [2.24, 2.45) is 0 Å². The number of nitrogens with zero attached hydrogens (tertiary/aromatic N) is 3. The first-order chi connectivity index (χ1) is 20.3. The third-order valence-corrected chi connectivity index (χ3v) is 7.54. The monoisotopic (exact) mass is 525 g/mol. The Morgan fingerprint density at radius 2 is 0.951 bits per heavy atom. The fourth-order valence-electron chi connectivity index (χ4n) is 5.53. The van der Waals surface area contributed by atoms with Gasteiger partial charge in [-0.15, -0.1) is 0 Å². The standard InChI is InChI=1S/C37H23N3O/c1-3-10-26(11-4-1)35-38-36(27-12-5-2-6-13-27)40-37(39-35)28-20-18-24(19-21-28)29-16-9-14-25-22-23-31-30-15-7-8-17-32(30)41-34(31)33(25)29/h1-23H. The fraction of sp³-hybridized carbons (Fsp3) is 0. The molecular weight excluding hydrogens is 502 g/mol. The van der Waals surface area contributed by atoms with Gasteiger partial charge in [-0.2, -0.15) is 0 Å². The molecule has 0 unspecified atom stereocenters. The van der Waals surface area contributed by atoms with Crippen LogP contribution in [0.4, 0.5) is 0 Å². The summed E-state index contributed by atoms with van der Waals surface area (Å²) in [6.45, 7) is 0. The molecule has 0 radical (unpaired) electrons. The molecule has 0 bridgehead atoms. The van der Waals surface area contributed by atoms with Gasteiger partial charge >= 0.3 is 0 Å². The van der Waals surface area contributed by atoms with Crippen LogP contribution in [-0.2, 0) is 0 Å². The fourth-order valence-corrected chi connectivity index (χ4v) is 5.53. The zero-order chi connectivity index (χ0) is 27.2. The Hall–Kier alpha value is -5.61. The predicted molar refractivity (Wildman–Crippen MR) is 166 cm³/mol. The first kappa shape index (κ1) is 23.3. The van der Waals surface area contributed by atoms with Crippen LogP contribution in [0.2, 0.25) is 0 Å². The van der Waals surface area contributed by atoms with E-state index in [1.807, 2.05) is 72.8 Å². The van der Waals surface area contributed by atoms with Crippen LogP contribution in [0.5, 0.6) is 0 Å². The number of hydrogen-bond donors (Lipinski definition) is 0. The summed E-state index contributed by atoms with van der Waals surface area (Å²) in [6, 6.07) is 47.5. The van der Waals surface area contributed by atoms with Crippen molar-refractivity contribution < 1.29 is 4.42 Å². The predicted octanol–water partition coefficient (Wildman–Crippen LogP) is 9.59. The highest BCUT2D eigenvalue weighted by molar-refractivity contribution is 6.18. The van der Waals surface area contributed by atoms with E-state index in [9.17, 15) is 0 Å². The van der Waals surface area contributed by atoms with Crippen molar-refractivity contribution in [1.82, 2.24) is 15.0 Å². The molecule has 0 saturated heterocycles. The van der Waals surface area contributed by atoms with Gasteiger partial charge in [0.15, 0.2) is 17.5 Å². The van der Waals surface area contributed by atoms with Crippen LogP contribution in [0, 0.1) is 0 Å². The lowest BCUT2D eigenvalue weighted by molar-refractivity contribution is 0.673. The van der Waals surface area contributed by atoms with E-state index in [0.29, 0.717) is 17.5 Å². The number of hydrogen-bond acceptors (Lipinski definition) is 4. The molecule has 2 heterocycles. The molecule has 0 N–H and O–H groups in total. The molecular formula is C37H23N3O. The smallest absolute Gasteiger partial charge is 0.164 e. The number of furan rings is 1. The van der Waals surface area contributed by atoms with E-state index in [2.05, 4.69) is 66.7 Å². The summed E-state index contributed by atoms with van der Waals surface area (Å²) in [6.07, 6.45) is 0. The minimum absolute atomic E-state index is 0.641. The van der Waals surface area contributed by atoms with E-state index in [-0.39, 0.29) is 0 Å². The van der Waals surface area contributed by atoms with Gasteiger partial charge in [0.05, 0.1) is 0 Å². The number of aromatic nitrogens is 3. The molecule has 8 rings (SSSR count). The lowest BCUT2D eigenvalue weighted by Crippen LogP contribution is -2.00. The quantitative estimate of drug-likeness (QED) is 0.230. The van der Waals surface area contributed by atoms with Gasteiger partial charge in [-0.25, -0.2) is 15.0 Å². The summed E-state index contributed by atoms with van der Waals surface area (Å²) in [5.41, 5.74) is 6.89. The van der Waals surface area contributed by atoms with Gasteiger partial charge in [0.2, 0.25) is 0 Å². The maximum absolute atomic E-state index is 6.40. The number of rotatable bonds is 4. The van der Waals surface area contributed by atoms with Gasteiger partial charge in [-0.05, 0) is 28.6 Å². The first-order valence-corrected chi connectivity index (χ1v) is 13.6. The summed E-state index contributed by atoms with van der Waals surface area (Å²) >= 11 is 0. The normalized spacial score (nSPS) is 11.4. The lowest BCUT2D eigenvalue weighted by Gasteiger charge is -2.10. The van der Waals surface area contributed by atoms with Crippen LogP contribution in [-0.4, -0.2) is 15.0 Å². The van der Waals surface area contributed by atoms with Crippen molar-refractivity contribution in [1.29, 1.82) is 0 Å². The van der Waals surface area contributed by atoms with Crippen molar-refractivity contribution in [3.63, 3.8) is 0 Å². The molecule has 0 fully saturated rings. The molecule has 0 spiro atoms. The van der Waals surface area contributed by atoms with Crippen LogP contribution in [0.3, 0.4) is 0 Å². The van der Waals surface area contributed by atoms with Gasteiger partial charge in [0.25, 0.3) is 0 Å². The first-order valence-electron chi connectivity index (χ1n) is 13.6. The second kappa shape index (κ2) is 9.54. The number of fused-ring (bicyclic) bond motifs is 5. The van der Waals surface area contributed by atoms with Gasteiger partial charge in [-0.1, -0.05) is 127 Å². The molecule has 41 heavy (non-hydrogen) atoms. The molecule has 0 aliphatic rings. The van der Waals surface area contributed by atoms with E-state index in [1.165, 1.54) is 0 Å². The number of benzene rings is 6. The van der Waals surface area contributed by atoms with Crippen LogP contribution in [0.25, 0.3) is 78.0 Å². The maximum Gasteiger partial charge on any atom is 0.164 e. The Balaban J connectivity index is 1.26. The van der Waals surface area contributed by atoms with E-state index in [0.717, 1.165) is 60.5 Å². The summed E-state index contributed by atoms with van der Waals surface area (Å²) < 4.78 is 6.40. The highest BCUT2D eigenvalue weighted by Gasteiger charge is 2.15. The van der Waals surface area contributed by atoms with Gasteiger partial charge < -0.3 is 4.42 Å². The average Bonchev–Trinajstić information content (AvgIpc) is 3.44. The molecule has 8 aromatic rings. The van der Waals surface area contributed by atoms with E-state index >= 15 is 0 Å². The van der Waals surface area contributed by atoms with Crippen LogP contribution >= 0.6 is 0 Å². The summed E-state index contributed by atoms with van der Waals surface area (Å²) in [5.74, 6) is 1.95. The molecule has 0 aliphatic heterocycles. The van der Waals surface area contributed by atoms with Gasteiger partial charge in [-0.3, -0.25) is 0 Å². The second-order valence-electron chi connectivity index (χ2n) is 10.1. The lowest BCUT2D eigenvalue weighted by atomic mass is 9.95. The third-order valence-electron chi connectivity index (χ3n) is 7.54. The largest absolute Gasteiger partial charge is 0.455 e. The second-order valence-corrected chi connectivity index (χ2v) is 10.1. The molecule has 2 aromatic heterocycles. The molecule has 0 aliphatic carbocycles. The third kappa shape index (κ3) is 4.05. The summed E-state index contributed by atoms with van der Waals surface area (Å²) in [5, 5.41) is 4.53. The minimum atomic E-state index is 0.641. The Morgan fingerprint density at radius 3 is 1.61 bits per heavy atom. The van der Waals surface area contributed by atoms with Crippen LogP contribution < -0.4 is 0 Å². The van der Waals surface area contributed by atoms with Gasteiger partial charge in [0.1, 0.15) is 11.2 Å². The maximum atomic E-state index is 6.40. The van der Waals surface area contributed by atoms with Crippen LogP contribution in [0.15, 0.2) is 144 Å². The Labute approximate surface area is 236 Å². The molecule has 0 amide bonds. The van der Waals surface area contributed by atoms with E-state index < -0.39 is 0 Å². The highest BCUT2D eigenvalue weighted by Crippen LogP contribution is 2.39. The summed E-state index contributed by atoms with van der Waals surface area (Å²) in [7, 11) is 0. The molecule has 192 valence electrons. The van der Waals surface area contributed by atoms with Gasteiger partial charge in [0, 0.05) is 32.8 Å². The minimum Gasteiger partial charge on any atom is -0.455 e.